The highest BCUT2D eigenvalue weighted by Gasteiger charge is 2.62. The highest BCUT2D eigenvalue weighted by Crippen LogP contribution is 2.46. The first kappa shape index (κ1) is 43.7. The number of amides is 4. The summed E-state index contributed by atoms with van der Waals surface area (Å²) in [5, 5.41) is 6.60. The molecule has 2 aliphatic heterocycles. The Bertz CT molecular complexity index is 2310. The van der Waals surface area contributed by atoms with Crippen LogP contribution in [0.1, 0.15) is 59.3 Å². The predicted octanol–water partition coefficient (Wildman–Crippen LogP) is 3.98. The van der Waals surface area contributed by atoms with Gasteiger partial charge in [-0.2, -0.15) is 0 Å². The second-order valence-corrected chi connectivity index (χ2v) is 19.8. The number of aromatic nitrogens is 1. The van der Waals surface area contributed by atoms with Crippen LogP contribution in [-0.2, 0) is 29.1 Å². The molecule has 16 nitrogen and oxygen atoms in total. The molecule has 0 radical (unpaired) electrons. The molecule has 61 heavy (non-hydrogen) atoms. The molecule has 5 atom stereocenters. The lowest BCUT2D eigenvalue weighted by molar-refractivity contribution is -0.141. The Balaban J connectivity index is 1.25. The lowest BCUT2D eigenvalue weighted by atomic mass is 10.1. The van der Waals surface area contributed by atoms with E-state index in [0.717, 1.165) is 16.6 Å². The fourth-order valence-electron chi connectivity index (χ4n) is 7.97. The van der Waals surface area contributed by atoms with Gasteiger partial charge in [-0.3, -0.25) is 19.1 Å². The lowest BCUT2D eigenvalue weighted by Gasteiger charge is -2.32. The number of pyridine rings is 1. The molecule has 2 aliphatic carbocycles. The van der Waals surface area contributed by atoms with Crippen molar-refractivity contribution in [2.24, 2.45) is 5.92 Å². The Morgan fingerprint density at radius 2 is 1.77 bits per heavy atom. The summed E-state index contributed by atoms with van der Waals surface area (Å²) in [6.07, 6.45) is 4.69. The number of rotatable bonds is 9. The number of anilines is 1. The van der Waals surface area contributed by atoms with E-state index in [0.29, 0.717) is 54.9 Å². The van der Waals surface area contributed by atoms with Gasteiger partial charge in [-0.1, -0.05) is 12.2 Å². The number of fused-ring (bicyclic) bond motifs is 3. The Hall–Kier alpha value is -5.42. The van der Waals surface area contributed by atoms with Crippen molar-refractivity contribution in [2.75, 3.05) is 52.8 Å². The monoisotopic (exact) mass is 859 g/mol. The van der Waals surface area contributed by atoms with Crippen LogP contribution in [0.25, 0.3) is 22.0 Å². The summed E-state index contributed by atoms with van der Waals surface area (Å²) in [5.41, 5.74) is 0.0325. The zero-order valence-electron chi connectivity index (χ0n) is 35.9. The average Bonchev–Trinajstić information content (AvgIpc) is 4.13. The third-order valence-corrected chi connectivity index (χ3v) is 13.4. The van der Waals surface area contributed by atoms with E-state index < -0.39 is 74.3 Å². The summed E-state index contributed by atoms with van der Waals surface area (Å²) < 4.78 is 45.8. The van der Waals surface area contributed by atoms with Crippen molar-refractivity contribution in [2.45, 2.75) is 93.9 Å². The smallest absolute Gasteiger partial charge is 0.408 e. The molecule has 328 valence electrons. The highest BCUT2D eigenvalue weighted by atomic mass is 32.2. The summed E-state index contributed by atoms with van der Waals surface area (Å²) >= 11 is 0. The molecule has 2 unspecified atom stereocenters. The quantitative estimate of drug-likeness (QED) is 0.263. The predicted molar refractivity (Wildman–Crippen MR) is 231 cm³/mol. The number of sulfonamides is 1. The van der Waals surface area contributed by atoms with Crippen LogP contribution in [-0.4, -0.2) is 129 Å². The van der Waals surface area contributed by atoms with Crippen LogP contribution >= 0.6 is 0 Å². The van der Waals surface area contributed by atoms with Crippen molar-refractivity contribution in [3.63, 3.8) is 0 Å². The minimum atomic E-state index is -3.92. The number of nitrogens with zero attached hydrogens (tertiary/aromatic N) is 4. The summed E-state index contributed by atoms with van der Waals surface area (Å²) in [5.74, 6) is -1.46. The van der Waals surface area contributed by atoms with Crippen LogP contribution in [0.15, 0.2) is 60.7 Å². The van der Waals surface area contributed by atoms with Gasteiger partial charge >= 0.3 is 6.09 Å². The van der Waals surface area contributed by atoms with Gasteiger partial charge in [-0.15, -0.1) is 0 Å². The van der Waals surface area contributed by atoms with Crippen LogP contribution < -0.4 is 29.7 Å². The Kier molecular flexibility index (Phi) is 12.3. The van der Waals surface area contributed by atoms with Crippen LogP contribution in [0.2, 0.25) is 0 Å². The fourth-order valence-corrected chi connectivity index (χ4v) is 9.33. The van der Waals surface area contributed by atoms with Gasteiger partial charge in [-0.25, -0.2) is 18.2 Å². The van der Waals surface area contributed by atoms with Gasteiger partial charge < -0.3 is 39.5 Å². The molecule has 0 spiro atoms. The third kappa shape index (κ3) is 10.0. The molecule has 4 aliphatic rings. The van der Waals surface area contributed by atoms with Crippen molar-refractivity contribution >= 4 is 50.3 Å². The van der Waals surface area contributed by atoms with E-state index >= 15 is 0 Å². The third-order valence-electron chi connectivity index (χ3n) is 11.5. The SMILES string of the molecule is COc1ccc(-c2cc3cc(N(C)C)ccc3c(OC3C[C@H]4C(=O)N[C@]5(C(=O)NS(=O)(=O)C6CC6)CC5/C=C\CCCN(C)C[C@H](NC(=O)OC(C)(C)C)C(=O)N4C3)n2)cc1. The van der Waals surface area contributed by atoms with Crippen LogP contribution in [0, 0.1) is 5.92 Å². The molecule has 2 saturated carbocycles. The molecule has 0 bridgehead atoms. The zero-order chi connectivity index (χ0) is 43.9. The lowest BCUT2D eigenvalue weighted by Crippen LogP contribution is -2.59. The molecular weight excluding hydrogens is 803 g/mol. The minimum Gasteiger partial charge on any atom is -0.497 e. The molecule has 3 aromatic rings. The maximum Gasteiger partial charge on any atom is 0.408 e. The minimum absolute atomic E-state index is 0.0108. The van der Waals surface area contributed by atoms with Gasteiger partial charge in [0.15, 0.2) is 0 Å². The largest absolute Gasteiger partial charge is 0.497 e. The van der Waals surface area contributed by atoms with E-state index in [1.54, 1.807) is 27.9 Å². The summed E-state index contributed by atoms with van der Waals surface area (Å²) in [6, 6.07) is 13.1. The number of allylic oxidation sites excluding steroid dienone is 1. The maximum absolute atomic E-state index is 14.8. The molecule has 3 heterocycles. The Morgan fingerprint density at radius 1 is 1.03 bits per heavy atom. The molecule has 7 rings (SSSR count). The molecule has 4 amide bonds. The Labute approximate surface area is 357 Å². The van der Waals surface area contributed by atoms with Gasteiger partial charge in [0.1, 0.15) is 35.1 Å². The second-order valence-electron chi connectivity index (χ2n) is 17.8. The zero-order valence-corrected chi connectivity index (χ0v) is 36.7. The second kappa shape index (κ2) is 17.2. The topological polar surface area (TPSA) is 189 Å². The van der Waals surface area contributed by atoms with Crippen LogP contribution in [0.3, 0.4) is 0 Å². The van der Waals surface area contributed by atoms with E-state index in [2.05, 4.69) is 15.4 Å². The van der Waals surface area contributed by atoms with Gasteiger partial charge in [-0.05, 0) is 120 Å². The first-order valence-electron chi connectivity index (χ1n) is 20.8. The van der Waals surface area contributed by atoms with Crippen molar-refractivity contribution < 1.29 is 41.8 Å². The molecular formula is C44H57N7O9S. The number of carbonyl (C=O) groups is 4. The van der Waals surface area contributed by atoms with Crippen LogP contribution in [0.5, 0.6) is 11.6 Å². The van der Waals surface area contributed by atoms with E-state index in [4.69, 9.17) is 19.2 Å². The summed E-state index contributed by atoms with van der Waals surface area (Å²) in [6.45, 7) is 5.81. The van der Waals surface area contributed by atoms with Gasteiger partial charge in [0.25, 0.3) is 5.91 Å². The maximum atomic E-state index is 14.8. The standard InChI is InChI=1S/C44H57N7O9S/c1-43(2,3)60-42(55)46-36-26-50(6)20-10-8-9-11-29-24-44(29,41(54)48-61(56,57)33-17-18-33)47-38(52)37-23-32(25-51(37)40(36)53)59-39-34-19-14-30(49(4)5)21-28(34)22-35(45-39)27-12-15-31(58-7)16-13-27/h9,11-16,19,21-22,29,32-33,36-37H,8,10,17-18,20,23-26H2,1-7H3,(H,46,55)(H,47,52)(H,48,54)/b11-9-/t29?,32?,36-,37-,44+/m0/s1. The van der Waals surface area contributed by atoms with Gasteiger partial charge in [0.2, 0.25) is 27.7 Å². The van der Waals surface area contributed by atoms with Gasteiger partial charge in [0.05, 0.1) is 24.6 Å². The first-order valence-corrected chi connectivity index (χ1v) is 22.4. The molecule has 1 saturated heterocycles. The van der Waals surface area contributed by atoms with Gasteiger partial charge in [0, 0.05) is 49.6 Å². The number of nitrogens with one attached hydrogen (secondary N) is 3. The van der Waals surface area contributed by atoms with E-state index in [-0.39, 0.29) is 25.9 Å². The summed E-state index contributed by atoms with van der Waals surface area (Å²) in [4.78, 5) is 66.9. The van der Waals surface area contributed by atoms with E-state index in [1.807, 2.05) is 91.6 Å². The molecule has 17 heteroatoms. The molecule has 3 fully saturated rings. The number of benzene rings is 2. The van der Waals surface area contributed by atoms with Crippen LogP contribution in [0.4, 0.5) is 10.5 Å². The fraction of sp³-hybridized carbons (Fsp3) is 0.523. The summed E-state index contributed by atoms with van der Waals surface area (Å²) in [7, 11) is 3.43. The Morgan fingerprint density at radius 3 is 2.44 bits per heavy atom. The van der Waals surface area contributed by atoms with E-state index in [1.165, 1.54) is 4.90 Å². The number of hydrogen-bond donors (Lipinski definition) is 3. The molecule has 2 aromatic carbocycles. The number of alkyl carbamates (subject to hydrolysis) is 1. The van der Waals surface area contributed by atoms with Crippen molar-refractivity contribution in [1.82, 2.24) is 30.1 Å². The first-order chi connectivity index (χ1) is 28.9. The molecule has 3 N–H and O–H groups in total. The normalized spacial score (nSPS) is 25.5. The number of methoxy groups -OCH3 is 1. The number of carbonyl (C=O) groups excluding carboxylic acids is 4. The number of hydrogen-bond acceptors (Lipinski definition) is 12. The average molecular weight is 860 g/mol. The van der Waals surface area contributed by atoms with Crippen molar-refractivity contribution in [1.29, 1.82) is 0 Å². The van der Waals surface area contributed by atoms with E-state index in [9.17, 15) is 27.6 Å². The van der Waals surface area contributed by atoms with Crippen molar-refractivity contribution in [3.8, 4) is 22.9 Å². The number of ether oxygens (including phenoxy) is 3. The highest BCUT2D eigenvalue weighted by molar-refractivity contribution is 7.91. The molecule has 1 aromatic heterocycles. The number of likely N-dealkylation sites (N-methyl/N-ethyl adjacent to an activating group) is 1. The van der Waals surface area contributed by atoms with Crippen molar-refractivity contribution in [3.05, 3.63) is 60.7 Å².